The Morgan fingerprint density at radius 2 is 2.03 bits per heavy atom. The third kappa shape index (κ3) is 5.01. The zero-order chi connectivity index (χ0) is 27.1. The number of fused-ring (bicyclic) bond motifs is 3. The van der Waals surface area contributed by atoms with Gasteiger partial charge in [-0.2, -0.15) is 8.78 Å². The molecular weight excluding hydrogens is 516 g/mol. The Morgan fingerprint density at radius 1 is 1.15 bits per heavy atom. The van der Waals surface area contributed by atoms with Crippen LogP contribution in [0.2, 0.25) is 0 Å². The molecule has 2 aliphatic heterocycles. The van der Waals surface area contributed by atoms with Gasteiger partial charge in [0.25, 0.3) is 5.56 Å². The lowest BCUT2D eigenvalue weighted by molar-refractivity contribution is -0.121. The highest BCUT2D eigenvalue weighted by molar-refractivity contribution is 5.90. The third-order valence-electron chi connectivity index (χ3n) is 7.26. The average molecular weight is 542 g/mol. The van der Waals surface area contributed by atoms with Crippen molar-refractivity contribution in [2.45, 2.75) is 57.0 Å². The van der Waals surface area contributed by atoms with E-state index < -0.39 is 12.7 Å². The van der Waals surface area contributed by atoms with Crippen molar-refractivity contribution in [2.24, 2.45) is 0 Å². The molecule has 0 aromatic carbocycles. The number of alkyl halides is 2. The maximum absolute atomic E-state index is 12.8. The summed E-state index contributed by atoms with van der Waals surface area (Å²) in [5.74, 6) is 0.803. The molecule has 39 heavy (non-hydrogen) atoms. The lowest BCUT2D eigenvalue weighted by Gasteiger charge is -2.33. The molecule has 0 spiro atoms. The van der Waals surface area contributed by atoms with Gasteiger partial charge in [0.15, 0.2) is 5.78 Å². The average Bonchev–Trinajstić information content (AvgIpc) is 3.24. The summed E-state index contributed by atoms with van der Waals surface area (Å²) >= 11 is 0. The highest BCUT2D eigenvalue weighted by atomic mass is 19.3. The van der Waals surface area contributed by atoms with Gasteiger partial charge in [-0.15, -0.1) is 0 Å². The summed E-state index contributed by atoms with van der Waals surface area (Å²) in [6.07, 6.45) is 2.57. The summed E-state index contributed by atoms with van der Waals surface area (Å²) in [4.78, 5) is 47.3. The number of nitrogens with one attached hydrogen (secondary N) is 1. The topological polar surface area (TPSA) is 125 Å². The maximum atomic E-state index is 12.8. The van der Waals surface area contributed by atoms with Crippen molar-refractivity contribution in [1.82, 2.24) is 19.9 Å². The number of rotatable bonds is 7. The predicted molar refractivity (Wildman–Crippen MR) is 133 cm³/mol. The van der Waals surface area contributed by atoms with Crippen LogP contribution in [0.25, 0.3) is 11.0 Å². The molecule has 5 heterocycles. The van der Waals surface area contributed by atoms with Crippen molar-refractivity contribution in [3.05, 3.63) is 52.6 Å². The van der Waals surface area contributed by atoms with E-state index in [-0.39, 0.29) is 54.9 Å². The van der Waals surface area contributed by atoms with Crippen LogP contribution in [0.1, 0.15) is 25.0 Å². The van der Waals surface area contributed by atoms with Crippen LogP contribution < -0.4 is 25.2 Å². The van der Waals surface area contributed by atoms with E-state index in [1.54, 1.807) is 17.0 Å². The number of ketones is 1. The summed E-state index contributed by atoms with van der Waals surface area (Å²) in [6.45, 7) is -2.25. The van der Waals surface area contributed by atoms with Crippen LogP contribution in [0.5, 0.6) is 11.5 Å². The van der Waals surface area contributed by atoms with E-state index in [1.165, 1.54) is 29.0 Å². The van der Waals surface area contributed by atoms with Crippen LogP contribution in [0.3, 0.4) is 0 Å². The van der Waals surface area contributed by atoms with E-state index in [0.29, 0.717) is 47.7 Å². The number of carbonyl (C=O) groups excluding carboxylic acids is 2. The summed E-state index contributed by atoms with van der Waals surface area (Å²) < 4.78 is 42.3. The Kier molecular flexibility index (Phi) is 6.59. The Labute approximate surface area is 220 Å². The monoisotopic (exact) mass is 541 g/mol. The second-order valence-corrected chi connectivity index (χ2v) is 9.72. The normalized spacial score (nSPS) is 22.4. The van der Waals surface area contributed by atoms with Crippen LogP contribution in [0.15, 0.2) is 41.3 Å². The molecule has 204 valence electrons. The van der Waals surface area contributed by atoms with Gasteiger partial charge in [-0.25, -0.2) is 9.78 Å². The number of pyridine rings is 3. The Balaban J connectivity index is 1.10. The highest BCUT2D eigenvalue weighted by Gasteiger charge is 2.46. The van der Waals surface area contributed by atoms with E-state index >= 15 is 0 Å². The van der Waals surface area contributed by atoms with Gasteiger partial charge in [0.1, 0.15) is 30.0 Å². The lowest BCUT2D eigenvalue weighted by Crippen LogP contribution is -2.46. The van der Waals surface area contributed by atoms with Crippen molar-refractivity contribution in [2.75, 3.05) is 18.1 Å². The number of halogens is 2. The first kappa shape index (κ1) is 25.2. The molecule has 11 nitrogen and oxygen atoms in total. The first-order valence-corrected chi connectivity index (χ1v) is 12.7. The molecule has 3 aromatic rings. The highest BCUT2D eigenvalue weighted by Crippen LogP contribution is 2.36. The largest absolute Gasteiger partial charge is 0.484 e. The number of hydrogen-bond donors (Lipinski definition) is 1. The fourth-order valence-electron chi connectivity index (χ4n) is 5.50. The molecule has 13 heteroatoms. The van der Waals surface area contributed by atoms with E-state index in [4.69, 9.17) is 9.47 Å². The van der Waals surface area contributed by atoms with Crippen molar-refractivity contribution < 1.29 is 32.6 Å². The van der Waals surface area contributed by atoms with Crippen molar-refractivity contribution in [3.63, 3.8) is 0 Å². The molecule has 3 atom stereocenters. The van der Waals surface area contributed by atoms with Gasteiger partial charge in [-0.05, 0) is 31.0 Å². The molecule has 2 fully saturated rings. The number of hydrogen-bond acceptors (Lipinski definition) is 9. The fourth-order valence-corrected chi connectivity index (χ4v) is 5.50. The molecule has 6 rings (SSSR count). The van der Waals surface area contributed by atoms with Crippen LogP contribution in [-0.2, 0) is 22.5 Å². The van der Waals surface area contributed by atoms with Gasteiger partial charge < -0.3 is 24.1 Å². The van der Waals surface area contributed by atoms with E-state index in [1.807, 2.05) is 0 Å². The minimum Gasteiger partial charge on any atom is -0.484 e. The number of carbonyl (C=O) groups is 2. The molecule has 1 aliphatic carbocycles. The molecule has 3 aromatic heterocycles. The standard InChI is InChI=1S/C26H25F2N5O6/c27-25(28)38-16-11-20-17(30-12-16)2-6-24(35)32(20)8-7-29-14-1-3-19-22(9-14)39-26(36)33(19)23-5-4-21-18(31-23)10-15(34)13-37-21/h2,4-6,11-12,14,19,22,25,29H,1,3,7-10,13H2/t14-,19-,22-/m0/s1. The Bertz CT molecular complexity index is 1500. The van der Waals surface area contributed by atoms with Gasteiger partial charge >= 0.3 is 12.7 Å². The number of ether oxygens (including phenoxy) is 3. The van der Waals surface area contributed by atoms with Crippen LogP contribution in [0, 0.1) is 0 Å². The van der Waals surface area contributed by atoms with Crippen molar-refractivity contribution in [1.29, 1.82) is 0 Å². The van der Waals surface area contributed by atoms with E-state index in [2.05, 4.69) is 20.0 Å². The lowest BCUT2D eigenvalue weighted by atomic mass is 9.88. The molecule has 3 aliphatic rings. The first-order valence-electron chi connectivity index (χ1n) is 12.7. The molecule has 1 saturated carbocycles. The fraction of sp³-hybridized carbons (Fsp3) is 0.423. The van der Waals surface area contributed by atoms with Gasteiger partial charge in [-0.1, -0.05) is 0 Å². The van der Waals surface area contributed by atoms with Crippen molar-refractivity contribution >= 4 is 28.7 Å². The summed E-state index contributed by atoms with van der Waals surface area (Å²) in [5.41, 5.74) is 1.12. The first-order chi connectivity index (χ1) is 18.9. The Morgan fingerprint density at radius 3 is 2.87 bits per heavy atom. The molecule has 0 bridgehead atoms. The minimum atomic E-state index is -2.99. The molecule has 1 N–H and O–H groups in total. The summed E-state index contributed by atoms with van der Waals surface area (Å²) in [5, 5.41) is 3.43. The zero-order valence-electron chi connectivity index (χ0n) is 20.7. The van der Waals surface area contributed by atoms with Crippen LogP contribution in [0.4, 0.5) is 19.4 Å². The smallest absolute Gasteiger partial charge is 0.416 e. The molecule has 1 saturated heterocycles. The van der Waals surface area contributed by atoms with Gasteiger partial charge in [0.2, 0.25) is 0 Å². The molecular formula is C26H25F2N5O6. The number of amides is 1. The molecule has 0 unspecified atom stereocenters. The maximum Gasteiger partial charge on any atom is 0.416 e. The zero-order valence-corrected chi connectivity index (χ0v) is 20.7. The predicted octanol–water partition coefficient (Wildman–Crippen LogP) is 2.43. The quantitative estimate of drug-likeness (QED) is 0.480. The molecule has 0 radical (unpaired) electrons. The van der Waals surface area contributed by atoms with Gasteiger partial charge in [-0.3, -0.25) is 19.5 Å². The van der Waals surface area contributed by atoms with Crippen LogP contribution in [-0.4, -0.2) is 64.4 Å². The molecule has 1 amide bonds. The number of anilines is 1. The number of aromatic nitrogens is 3. The second-order valence-electron chi connectivity index (χ2n) is 9.72. The van der Waals surface area contributed by atoms with E-state index in [0.717, 1.165) is 6.42 Å². The summed E-state index contributed by atoms with van der Waals surface area (Å²) in [7, 11) is 0. The second kappa shape index (κ2) is 10.2. The summed E-state index contributed by atoms with van der Waals surface area (Å²) in [6, 6.07) is 7.60. The van der Waals surface area contributed by atoms with Gasteiger partial charge in [0, 0.05) is 37.7 Å². The van der Waals surface area contributed by atoms with Crippen LogP contribution >= 0.6 is 0 Å². The van der Waals surface area contributed by atoms with E-state index in [9.17, 15) is 23.2 Å². The van der Waals surface area contributed by atoms with Gasteiger partial charge in [0.05, 0.1) is 35.4 Å². The third-order valence-corrected chi connectivity index (χ3v) is 7.26. The minimum absolute atomic E-state index is 0.0268. The Hall–Kier alpha value is -4.13. The van der Waals surface area contributed by atoms with Crippen molar-refractivity contribution in [3.8, 4) is 11.5 Å². The number of Topliss-reactive ketones (excluding diaryl/α,β-unsaturated/α-hetero) is 1. The SMILES string of the molecule is O=C1COc2ccc(N3C(=O)O[C@H]4C[C@@H](NCCn5c(=O)ccc6ncc(OC(F)F)cc65)CC[C@@H]43)nc2C1. The number of nitrogens with zero attached hydrogens (tertiary/aromatic N) is 4.